The van der Waals surface area contributed by atoms with Gasteiger partial charge in [0, 0.05) is 26.0 Å². The number of nitrogens with zero attached hydrogens (tertiary/aromatic N) is 1. The lowest BCUT2D eigenvalue weighted by Gasteiger charge is -2.22. The monoisotopic (exact) mass is 565 g/mol. The smallest absolute Gasteiger partial charge is 0.415 e. The van der Waals surface area contributed by atoms with Gasteiger partial charge in [-0.15, -0.1) is 0 Å². The van der Waals surface area contributed by atoms with E-state index < -0.39 is 30.8 Å². The molecule has 0 heterocycles. The van der Waals surface area contributed by atoms with E-state index in [1.807, 2.05) is 12.1 Å². The number of hydrogen-bond acceptors (Lipinski definition) is 5. The Balaban J connectivity index is 1.52. The Morgan fingerprint density at radius 1 is 0.950 bits per heavy atom. The topological polar surface area (TPSA) is 85.3 Å². The number of carbonyl (C=O) groups excluding carboxylic acids is 1. The Morgan fingerprint density at radius 3 is 2.35 bits per heavy atom. The van der Waals surface area contributed by atoms with E-state index >= 15 is 0 Å². The summed E-state index contributed by atoms with van der Waals surface area (Å²) in [6.07, 6.45) is -1.48. The van der Waals surface area contributed by atoms with E-state index in [1.165, 1.54) is 16.0 Å². The largest absolute Gasteiger partial charge is 0.492 e. The van der Waals surface area contributed by atoms with Gasteiger partial charge in [0.05, 0.1) is 6.54 Å². The standard InChI is InChI=1S/C30H38F3NO6/c1-2-38-27(28(35)36)20-22-10-13-25(14-11-22)39-19-18-34(17-6-4-3-5-16-30(31,32)33)29(37)40-26-15-12-23-8-7-9-24(23)21-26/h10-15,21,27H,2-9,16-20H2,1H3,(H,35,36). The Hall–Kier alpha value is -3.27. The number of aryl methyl sites for hydroxylation is 2. The molecule has 2 aromatic rings. The minimum Gasteiger partial charge on any atom is -0.492 e. The van der Waals surface area contributed by atoms with Crippen LogP contribution in [0.5, 0.6) is 11.5 Å². The van der Waals surface area contributed by atoms with Crippen molar-refractivity contribution in [3.05, 3.63) is 59.2 Å². The zero-order chi connectivity index (χ0) is 29.0. The normalized spacial score (nSPS) is 13.5. The minimum absolute atomic E-state index is 0.0694. The van der Waals surface area contributed by atoms with Crippen LogP contribution in [0.1, 0.15) is 62.1 Å². The number of amides is 1. The van der Waals surface area contributed by atoms with Gasteiger partial charge in [0.2, 0.25) is 0 Å². The maximum absolute atomic E-state index is 13.0. The molecule has 0 aliphatic heterocycles. The van der Waals surface area contributed by atoms with Crippen molar-refractivity contribution in [2.45, 2.75) is 77.0 Å². The summed E-state index contributed by atoms with van der Waals surface area (Å²) < 4.78 is 53.9. The van der Waals surface area contributed by atoms with Crippen molar-refractivity contribution in [1.82, 2.24) is 4.90 Å². The number of ether oxygens (including phenoxy) is 3. The number of carbonyl (C=O) groups is 2. The van der Waals surface area contributed by atoms with E-state index in [4.69, 9.17) is 14.2 Å². The SMILES string of the molecule is CCOC(Cc1ccc(OCCN(CCCCCCC(F)(F)F)C(=O)Oc2ccc3c(c2)CCC3)cc1)C(=O)O. The molecule has 7 nitrogen and oxygen atoms in total. The molecule has 220 valence electrons. The number of halogens is 3. The van der Waals surface area contributed by atoms with Crippen molar-refractivity contribution in [3.8, 4) is 11.5 Å². The molecule has 0 aromatic heterocycles. The predicted molar refractivity (Wildman–Crippen MR) is 144 cm³/mol. The average molecular weight is 566 g/mol. The Labute approximate surface area is 233 Å². The van der Waals surface area contributed by atoms with Crippen LogP contribution in [-0.2, 0) is 28.8 Å². The lowest BCUT2D eigenvalue weighted by atomic mass is 10.1. The number of hydrogen-bond donors (Lipinski definition) is 1. The van der Waals surface area contributed by atoms with Gasteiger partial charge in [-0.05, 0) is 80.0 Å². The lowest BCUT2D eigenvalue weighted by Crippen LogP contribution is -2.37. The first-order chi connectivity index (χ1) is 19.1. The molecule has 0 bridgehead atoms. The first kappa shape index (κ1) is 31.3. The molecule has 0 radical (unpaired) electrons. The van der Waals surface area contributed by atoms with Gasteiger partial charge in [0.25, 0.3) is 0 Å². The molecule has 0 saturated carbocycles. The van der Waals surface area contributed by atoms with Crippen molar-refractivity contribution in [2.24, 2.45) is 0 Å². The van der Waals surface area contributed by atoms with Gasteiger partial charge < -0.3 is 24.2 Å². The van der Waals surface area contributed by atoms with Crippen LogP contribution in [-0.4, -0.2) is 60.7 Å². The highest BCUT2D eigenvalue weighted by atomic mass is 19.4. The van der Waals surface area contributed by atoms with E-state index in [9.17, 15) is 27.9 Å². The molecule has 40 heavy (non-hydrogen) atoms. The number of fused-ring (bicyclic) bond motifs is 1. The van der Waals surface area contributed by atoms with E-state index in [0.29, 0.717) is 43.9 Å². The summed E-state index contributed by atoms with van der Waals surface area (Å²) in [5.74, 6) is 0.0181. The van der Waals surface area contributed by atoms with Crippen LogP contribution in [0, 0.1) is 0 Å². The molecule has 1 aliphatic rings. The zero-order valence-electron chi connectivity index (χ0n) is 22.9. The predicted octanol–water partition coefficient (Wildman–Crippen LogP) is 6.60. The van der Waals surface area contributed by atoms with Crippen molar-refractivity contribution >= 4 is 12.1 Å². The summed E-state index contributed by atoms with van der Waals surface area (Å²) in [7, 11) is 0. The number of unbranched alkanes of at least 4 members (excludes halogenated alkanes) is 3. The molecule has 0 spiro atoms. The summed E-state index contributed by atoms with van der Waals surface area (Å²) in [6.45, 7) is 2.80. The number of rotatable bonds is 16. The number of carboxylic acids is 1. The molecular formula is C30H38F3NO6. The highest BCUT2D eigenvalue weighted by molar-refractivity contribution is 5.72. The van der Waals surface area contributed by atoms with Crippen LogP contribution < -0.4 is 9.47 Å². The molecule has 1 amide bonds. The summed E-state index contributed by atoms with van der Waals surface area (Å²) in [6, 6.07) is 12.7. The molecule has 3 rings (SSSR count). The molecule has 0 saturated heterocycles. The van der Waals surface area contributed by atoms with Crippen molar-refractivity contribution in [3.63, 3.8) is 0 Å². The highest BCUT2D eigenvalue weighted by Gasteiger charge is 2.26. The second-order valence-corrected chi connectivity index (χ2v) is 9.90. The van der Waals surface area contributed by atoms with Crippen LogP contribution in [0.4, 0.5) is 18.0 Å². The second-order valence-electron chi connectivity index (χ2n) is 9.90. The van der Waals surface area contributed by atoms with Crippen LogP contribution in [0.3, 0.4) is 0 Å². The second kappa shape index (κ2) is 15.5. The first-order valence-corrected chi connectivity index (χ1v) is 13.9. The number of aliphatic carboxylic acids is 1. The lowest BCUT2D eigenvalue weighted by molar-refractivity contribution is -0.150. The van der Waals surface area contributed by atoms with Crippen molar-refractivity contribution in [1.29, 1.82) is 0 Å². The first-order valence-electron chi connectivity index (χ1n) is 13.9. The Bertz CT molecular complexity index is 1090. The van der Waals surface area contributed by atoms with Crippen LogP contribution in [0.15, 0.2) is 42.5 Å². The van der Waals surface area contributed by atoms with Crippen LogP contribution in [0.2, 0.25) is 0 Å². The number of benzene rings is 2. The molecular weight excluding hydrogens is 527 g/mol. The summed E-state index contributed by atoms with van der Waals surface area (Å²) in [5.41, 5.74) is 3.24. The molecule has 1 atom stereocenters. The van der Waals surface area contributed by atoms with E-state index in [2.05, 4.69) is 0 Å². The number of carboxylic acid groups (broad SMARTS) is 1. The summed E-state index contributed by atoms with van der Waals surface area (Å²) in [5, 5.41) is 9.27. The highest BCUT2D eigenvalue weighted by Crippen LogP contribution is 2.27. The minimum atomic E-state index is -4.15. The van der Waals surface area contributed by atoms with Gasteiger partial charge in [-0.25, -0.2) is 9.59 Å². The molecule has 1 N–H and O–H groups in total. The van der Waals surface area contributed by atoms with Gasteiger partial charge in [0.1, 0.15) is 18.1 Å². The maximum atomic E-state index is 13.0. The van der Waals surface area contributed by atoms with Gasteiger partial charge in [0.15, 0.2) is 6.10 Å². The summed E-state index contributed by atoms with van der Waals surface area (Å²) >= 11 is 0. The van der Waals surface area contributed by atoms with Crippen LogP contribution >= 0.6 is 0 Å². The summed E-state index contributed by atoms with van der Waals surface area (Å²) in [4.78, 5) is 25.8. The van der Waals surface area contributed by atoms with Gasteiger partial charge >= 0.3 is 18.2 Å². The Morgan fingerprint density at radius 2 is 1.65 bits per heavy atom. The van der Waals surface area contributed by atoms with E-state index in [-0.39, 0.29) is 26.0 Å². The third-order valence-corrected chi connectivity index (χ3v) is 6.79. The fourth-order valence-corrected chi connectivity index (χ4v) is 4.68. The van der Waals surface area contributed by atoms with Gasteiger partial charge in [-0.2, -0.15) is 13.2 Å². The van der Waals surface area contributed by atoms with Gasteiger partial charge in [-0.1, -0.05) is 31.0 Å². The van der Waals surface area contributed by atoms with Gasteiger partial charge in [-0.3, -0.25) is 0 Å². The molecule has 10 heteroatoms. The fourth-order valence-electron chi connectivity index (χ4n) is 4.68. The number of alkyl halides is 3. The molecule has 1 unspecified atom stereocenters. The molecule has 1 aliphatic carbocycles. The maximum Gasteiger partial charge on any atom is 0.415 e. The third-order valence-electron chi connectivity index (χ3n) is 6.79. The Kier molecular flexibility index (Phi) is 12.1. The quantitative estimate of drug-likeness (QED) is 0.231. The third kappa shape index (κ3) is 10.7. The van der Waals surface area contributed by atoms with Crippen molar-refractivity contribution in [2.75, 3.05) is 26.3 Å². The van der Waals surface area contributed by atoms with Crippen LogP contribution in [0.25, 0.3) is 0 Å². The van der Waals surface area contributed by atoms with E-state index in [1.54, 1.807) is 37.3 Å². The van der Waals surface area contributed by atoms with E-state index in [0.717, 1.165) is 24.8 Å². The molecule has 0 fully saturated rings. The average Bonchev–Trinajstić information content (AvgIpc) is 3.37. The zero-order valence-corrected chi connectivity index (χ0v) is 22.9. The molecule has 2 aromatic carbocycles. The van der Waals surface area contributed by atoms with Crippen molar-refractivity contribution < 1.29 is 42.1 Å². The fraction of sp³-hybridized carbons (Fsp3) is 0.533.